The number of thioether (sulfide) groups is 1. The molecule has 0 atom stereocenters. The molecule has 23 heavy (non-hydrogen) atoms. The third-order valence-electron chi connectivity index (χ3n) is 3.82. The molecule has 1 fully saturated rings. The molecule has 2 aromatic rings. The molecular formula is C15H20N6OS. The third-order valence-corrected chi connectivity index (χ3v) is 4.75. The van der Waals surface area contributed by atoms with Gasteiger partial charge in [0.15, 0.2) is 0 Å². The molecule has 0 N–H and O–H groups in total. The van der Waals surface area contributed by atoms with Gasteiger partial charge in [-0.2, -0.15) is 5.10 Å². The Balaban J connectivity index is 1.37. The summed E-state index contributed by atoms with van der Waals surface area (Å²) in [4.78, 5) is 24.7. The molecule has 8 heteroatoms. The van der Waals surface area contributed by atoms with Crippen molar-refractivity contribution in [1.82, 2.24) is 29.5 Å². The molecule has 0 unspecified atom stereocenters. The van der Waals surface area contributed by atoms with Crippen LogP contribution in [0.2, 0.25) is 0 Å². The second-order valence-corrected chi connectivity index (χ2v) is 6.33. The van der Waals surface area contributed by atoms with E-state index < -0.39 is 0 Å². The van der Waals surface area contributed by atoms with Gasteiger partial charge >= 0.3 is 0 Å². The summed E-state index contributed by atoms with van der Waals surface area (Å²) >= 11 is 1.50. The number of carbonyl (C=O) groups is 1. The van der Waals surface area contributed by atoms with Crippen LogP contribution in [0.1, 0.15) is 0 Å². The van der Waals surface area contributed by atoms with Gasteiger partial charge in [-0.3, -0.25) is 14.4 Å². The maximum Gasteiger partial charge on any atom is 0.233 e. The molecule has 0 aliphatic carbocycles. The fraction of sp³-hybridized carbons (Fsp3) is 0.467. The summed E-state index contributed by atoms with van der Waals surface area (Å²) in [5, 5.41) is 5.00. The number of hydrogen-bond donors (Lipinski definition) is 0. The van der Waals surface area contributed by atoms with E-state index in [9.17, 15) is 4.79 Å². The van der Waals surface area contributed by atoms with Crippen molar-refractivity contribution in [1.29, 1.82) is 0 Å². The van der Waals surface area contributed by atoms with Crippen molar-refractivity contribution in [2.24, 2.45) is 0 Å². The molecule has 2 aromatic heterocycles. The second-order valence-electron chi connectivity index (χ2n) is 5.34. The second kappa shape index (κ2) is 8.07. The number of nitrogens with zero attached hydrogens (tertiary/aromatic N) is 6. The lowest BCUT2D eigenvalue weighted by molar-refractivity contribution is -0.130. The monoisotopic (exact) mass is 332 g/mol. The number of aromatic nitrogens is 4. The molecule has 0 bridgehead atoms. The number of rotatable bonds is 6. The number of amides is 1. The van der Waals surface area contributed by atoms with Gasteiger partial charge in [0.25, 0.3) is 0 Å². The number of piperazine rings is 1. The van der Waals surface area contributed by atoms with Crippen molar-refractivity contribution in [3.05, 3.63) is 37.1 Å². The average Bonchev–Trinajstić information content (AvgIpc) is 3.13. The Morgan fingerprint density at radius 1 is 1.17 bits per heavy atom. The van der Waals surface area contributed by atoms with E-state index in [1.165, 1.54) is 11.8 Å². The van der Waals surface area contributed by atoms with Crippen LogP contribution < -0.4 is 0 Å². The van der Waals surface area contributed by atoms with Crippen LogP contribution in [0, 0.1) is 0 Å². The smallest absolute Gasteiger partial charge is 0.233 e. The molecule has 0 aromatic carbocycles. The van der Waals surface area contributed by atoms with Gasteiger partial charge in [-0.25, -0.2) is 9.97 Å². The standard InChI is InChI=1S/C15H20N6OS/c22-15(11-23-14-3-1-2-4-17-14)20-8-5-19(6-9-20)7-10-21-13-16-12-18-21/h1-4,12-13H,5-11H2. The topological polar surface area (TPSA) is 67.2 Å². The van der Waals surface area contributed by atoms with Crippen molar-refractivity contribution in [2.45, 2.75) is 11.6 Å². The molecule has 1 saturated heterocycles. The molecule has 7 nitrogen and oxygen atoms in total. The summed E-state index contributed by atoms with van der Waals surface area (Å²) < 4.78 is 1.83. The van der Waals surface area contributed by atoms with E-state index in [0.29, 0.717) is 5.75 Å². The molecule has 1 amide bonds. The largest absolute Gasteiger partial charge is 0.339 e. The van der Waals surface area contributed by atoms with E-state index in [-0.39, 0.29) is 5.91 Å². The summed E-state index contributed by atoms with van der Waals surface area (Å²) in [6.45, 7) is 5.18. The van der Waals surface area contributed by atoms with Crippen molar-refractivity contribution in [3.63, 3.8) is 0 Å². The first-order valence-electron chi connectivity index (χ1n) is 7.67. The van der Waals surface area contributed by atoms with Crippen LogP contribution >= 0.6 is 11.8 Å². The van der Waals surface area contributed by atoms with Crippen LogP contribution in [0.3, 0.4) is 0 Å². The zero-order valence-corrected chi connectivity index (χ0v) is 13.7. The van der Waals surface area contributed by atoms with E-state index >= 15 is 0 Å². The van der Waals surface area contributed by atoms with Gasteiger partial charge in [0.2, 0.25) is 5.91 Å². The average molecular weight is 332 g/mol. The molecule has 1 aliphatic rings. The maximum atomic E-state index is 12.3. The first-order valence-corrected chi connectivity index (χ1v) is 8.66. The normalized spacial score (nSPS) is 15.7. The minimum Gasteiger partial charge on any atom is -0.339 e. The Labute approximate surface area is 139 Å². The van der Waals surface area contributed by atoms with Gasteiger partial charge < -0.3 is 4.90 Å². The molecule has 0 saturated carbocycles. The lowest BCUT2D eigenvalue weighted by Crippen LogP contribution is -2.49. The highest BCUT2D eigenvalue weighted by Gasteiger charge is 2.20. The van der Waals surface area contributed by atoms with Crippen molar-refractivity contribution < 1.29 is 4.79 Å². The van der Waals surface area contributed by atoms with Crippen LogP contribution in [-0.4, -0.2) is 73.9 Å². The number of carbonyl (C=O) groups excluding carboxylic acids is 1. The molecule has 122 valence electrons. The summed E-state index contributed by atoms with van der Waals surface area (Å²) in [5.41, 5.74) is 0. The quantitative estimate of drug-likeness (QED) is 0.722. The predicted octanol–water partition coefficient (Wildman–Crippen LogP) is 0.610. The molecular weight excluding hydrogens is 312 g/mol. The number of hydrogen-bond acceptors (Lipinski definition) is 6. The Kier molecular flexibility index (Phi) is 5.60. The highest BCUT2D eigenvalue weighted by molar-refractivity contribution is 7.99. The summed E-state index contributed by atoms with van der Waals surface area (Å²) in [6.07, 6.45) is 5.03. The minimum absolute atomic E-state index is 0.191. The first-order chi connectivity index (χ1) is 11.3. The maximum absolute atomic E-state index is 12.3. The fourth-order valence-electron chi connectivity index (χ4n) is 2.47. The predicted molar refractivity (Wildman–Crippen MR) is 88.0 cm³/mol. The van der Waals surface area contributed by atoms with Gasteiger partial charge in [0.05, 0.1) is 17.3 Å². The molecule has 3 rings (SSSR count). The summed E-state index contributed by atoms with van der Waals surface area (Å²) in [7, 11) is 0. The third kappa shape index (κ3) is 4.77. The van der Waals surface area contributed by atoms with Crippen LogP contribution in [-0.2, 0) is 11.3 Å². The van der Waals surface area contributed by atoms with Crippen molar-refractivity contribution >= 4 is 17.7 Å². The Morgan fingerprint density at radius 3 is 2.74 bits per heavy atom. The summed E-state index contributed by atoms with van der Waals surface area (Å²) in [6, 6.07) is 5.75. The minimum atomic E-state index is 0.191. The van der Waals surface area contributed by atoms with Crippen molar-refractivity contribution in [2.75, 3.05) is 38.5 Å². The van der Waals surface area contributed by atoms with Crippen LogP contribution in [0.25, 0.3) is 0 Å². The Morgan fingerprint density at radius 2 is 2.04 bits per heavy atom. The van der Waals surface area contributed by atoms with E-state index in [1.54, 1.807) is 18.9 Å². The van der Waals surface area contributed by atoms with E-state index in [2.05, 4.69) is 20.0 Å². The van der Waals surface area contributed by atoms with Gasteiger partial charge in [0, 0.05) is 38.9 Å². The van der Waals surface area contributed by atoms with Gasteiger partial charge in [-0.15, -0.1) is 0 Å². The summed E-state index contributed by atoms with van der Waals surface area (Å²) in [5.74, 6) is 0.646. The molecule has 1 aliphatic heterocycles. The lowest BCUT2D eigenvalue weighted by Gasteiger charge is -2.34. The Bertz CT molecular complexity index is 598. The SMILES string of the molecule is O=C(CSc1ccccn1)N1CCN(CCn2cncn2)CC1. The van der Waals surface area contributed by atoms with E-state index in [0.717, 1.165) is 44.3 Å². The van der Waals surface area contributed by atoms with Crippen LogP contribution in [0.5, 0.6) is 0 Å². The van der Waals surface area contributed by atoms with Crippen LogP contribution in [0.15, 0.2) is 42.1 Å². The molecule has 0 spiro atoms. The first kappa shape index (κ1) is 15.9. The zero-order valence-electron chi connectivity index (χ0n) is 12.9. The lowest BCUT2D eigenvalue weighted by atomic mass is 10.3. The van der Waals surface area contributed by atoms with Gasteiger partial charge in [-0.1, -0.05) is 17.8 Å². The van der Waals surface area contributed by atoms with Gasteiger partial charge in [0.1, 0.15) is 12.7 Å². The fourth-order valence-corrected chi connectivity index (χ4v) is 3.24. The van der Waals surface area contributed by atoms with Gasteiger partial charge in [-0.05, 0) is 12.1 Å². The molecule has 3 heterocycles. The number of pyridine rings is 1. The van der Waals surface area contributed by atoms with Crippen LogP contribution in [0.4, 0.5) is 0 Å². The Hall–Kier alpha value is -1.93. The van der Waals surface area contributed by atoms with Crippen molar-refractivity contribution in [3.8, 4) is 0 Å². The highest BCUT2D eigenvalue weighted by atomic mass is 32.2. The highest BCUT2D eigenvalue weighted by Crippen LogP contribution is 2.15. The van der Waals surface area contributed by atoms with E-state index in [1.807, 2.05) is 27.8 Å². The molecule has 0 radical (unpaired) electrons. The van der Waals surface area contributed by atoms with E-state index in [4.69, 9.17) is 0 Å². The zero-order chi connectivity index (χ0) is 15.9.